The Morgan fingerprint density at radius 2 is 1.73 bits per heavy atom. The SMILES string of the molecule is CN(Cc1ccccc1)CN1C(=O)N[C@@](C)(CCc2ccc(OC(F)F)cc2)C1=O. The van der Waals surface area contributed by atoms with Crippen LogP contribution in [-0.4, -0.2) is 47.6 Å². The van der Waals surface area contributed by atoms with Crippen LogP contribution in [0.5, 0.6) is 5.75 Å². The molecular formula is C22H25F2N3O3. The second-order valence-corrected chi connectivity index (χ2v) is 7.66. The Kier molecular flexibility index (Phi) is 6.66. The van der Waals surface area contributed by atoms with E-state index in [9.17, 15) is 18.4 Å². The molecule has 1 atom stereocenters. The molecule has 0 aliphatic carbocycles. The normalized spacial score (nSPS) is 18.9. The zero-order valence-corrected chi connectivity index (χ0v) is 17.0. The van der Waals surface area contributed by atoms with Crippen LogP contribution in [0.3, 0.4) is 0 Å². The Balaban J connectivity index is 1.57. The predicted octanol–water partition coefficient (Wildman–Crippen LogP) is 3.62. The van der Waals surface area contributed by atoms with Crippen LogP contribution in [0.15, 0.2) is 54.6 Å². The third kappa shape index (κ3) is 5.33. The number of rotatable bonds is 9. The Bertz CT molecular complexity index is 877. The van der Waals surface area contributed by atoms with Gasteiger partial charge in [-0.25, -0.2) is 9.69 Å². The molecule has 0 aromatic heterocycles. The first-order chi connectivity index (χ1) is 14.3. The van der Waals surface area contributed by atoms with Crippen molar-refractivity contribution in [3.63, 3.8) is 0 Å². The average Bonchev–Trinajstić information content (AvgIpc) is 2.91. The zero-order chi connectivity index (χ0) is 21.7. The van der Waals surface area contributed by atoms with Gasteiger partial charge in [0.05, 0.1) is 6.67 Å². The summed E-state index contributed by atoms with van der Waals surface area (Å²) >= 11 is 0. The molecule has 3 rings (SSSR count). The van der Waals surface area contributed by atoms with Crippen molar-refractivity contribution < 1.29 is 23.1 Å². The number of halogens is 2. The van der Waals surface area contributed by atoms with E-state index < -0.39 is 18.2 Å². The zero-order valence-electron chi connectivity index (χ0n) is 17.0. The number of carbonyl (C=O) groups is 2. The monoisotopic (exact) mass is 417 g/mol. The van der Waals surface area contributed by atoms with Crippen LogP contribution in [0.4, 0.5) is 13.6 Å². The van der Waals surface area contributed by atoms with Gasteiger partial charge in [0, 0.05) is 6.54 Å². The fourth-order valence-corrected chi connectivity index (χ4v) is 3.46. The first-order valence-corrected chi connectivity index (χ1v) is 9.67. The Morgan fingerprint density at radius 1 is 1.07 bits per heavy atom. The van der Waals surface area contributed by atoms with Crippen LogP contribution in [-0.2, 0) is 17.8 Å². The minimum atomic E-state index is -2.87. The summed E-state index contributed by atoms with van der Waals surface area (Å²) in [5, 5.41) is 2.79. The number of alkyl halides is 2. The minimum absolute atomic E-state index is 0.0813. The lowest BCUT2D eigenvalue weighted by atomic mass is 9.93. The van der Waals surface area contributed by atoms with Crippen molar-refractivity contribution in [2.75, 3.05) is 13.7 Å². The average molecular weight is 417 g/mol. The lowest BCUT2D eigenvalue weighted by Gasteiger charge is -2.24. The van der Waals surface area contributed by atoms with E-state index in [-0.39, 0.29) is 18.3 Å². The number of benzene rings is 2. The maximum Gasteiger partial charge on any atom is 0.387 e. The van der Waals surface area contributed by atoms with Gasteiger partial charge in [-0.3, -0.25) is 9.69 Å². The minimum Gasteiger partial charge on any atom is -0.435 e. The molecule has 1 N–H and O–H groups in total. The van der Waals surface area contributed by atoms with Gasteiger partial charge in [-0.1, -0.05) is 42.5 Å². The Labute approximate surface area is 174 Å². The Hall–Kier alpha value is -3.00. The Morgan fingerprint density at radius 3 is 2.37 bits per heavy atom. The molecule has 30 heavy (non-hydrogen) atoms. The number of urea groups is 1. The maximum atomic E-state index is 12.9. The van der Waals surface area contributed by atoms with E-state index in [4.69, 9.17) is 0 Å². The topological polar surface area (TPSA) is 61.9 Å². The molecule has 0 saturated carbocycles. The molecule has 1 heterocycles. The molecule has 1 saturated heterocycles. The molecule has 6 nitrogen and oxygen atoms in total. The molecule has 3 amide bonds. The van der Waals surface area contributed by atoms with E-state index in [1.165, 1.54) is 17.0 Å². The van der Waals surface area contributed by atoms with Crippen LogP contribution < -0.4 is 10.1 Å². The second kappa shape index (κ2) is 9.21. The standard InChI is InChI=1S/C22H25F2N3O3/c1-22(13-12-16-8-10-18(11-9-16)30-20(23)24)19(28)27(21(29)25-22)15-26(2)14-17-6-4-3-5-7-17/h3-11,20H,12-15H2,1-2H3,(H,25,29)/t22-/m0/s1. The largest absolute Gasteiger partial charge is 0.435 e. The first kappa shape index (κ1) is 21.7. The summed E-state index contributed by atoms with van der Waals surface area (Å²) in [4.78, 5) is 28.5. The fourth-order valence-electron chi connectivity index (χ4n) is 3.46. The summed E-state index contributed by atoms with van der Waals surface area (Å²) < 4.78 is 28.8. The maximum absolute atomic E-state index is 12.9. The van der Waals surface area contributed by atoms with Gasteiger partial charge in [0.25, 0.3) is 5.91 Å². The van der Waals surface area contributed by atoms with Crippen LogP contribution in [0, 0.1) is 0 Å². The van der Waals surface area contributed by atoms with Gasteiger partial charge >= 0.3 is 12.6 Å². The molecule has 0 radical (unpaired) electrons. The number of ether oxygens (including phenoxy) is 1. The van der Waals surface area contributed by atoms with E-state index >= 15 is 0 Å². The number of nitrogens with zero attached hydrogens (tertiary/aromatic N) is 2. The van der Waals surface area contributed by atoms with Crippen molar-refractivity contribution in [3.05, 3.63) is 65.7 Å². The number of amides is 3. The van der Waals surface area contributed by atoms with Gasteiger partial charge < -0.3 is 10.1 Å². The molecule has 1 aliphatic heterocycles. The van der Waals surface area contributed by atoms with Crippen LogP contribution >= 0.6 is 0 Å². The summed E-state index contributed by atoms with van der Waals surface area (Å²) in [6, 6.07) is 15.7. The highest BCUT2D eigenvalue weighted by molar-refractivity contribution is 6.06. The highest BCUT2D eigenvalue weighted by Gasteiger charge is 2.47. The molecule has 0 spiro atoms. The van der Waals surface area contributed by atoms with E-state index in [0.717, 1.165) is 11.1 Å². The van der Waals surface area contributed by atoms with Crippen molar-refractivity contribution in [2.24, 2.45) is 0 Å². The predicted molar refractivity (Wildman–Crippen MR) is 108 cm³/mol. The van der Waals surface area contributed by atoms with Gasteiger partial charge in [-0.15, -0.1) is 0 Å². The van der Waals surface area contributed by atoms with Gasteiger partial charge in [0.15, 0.2) is 0 Å². The number of imide groups is 1. The summed E-state index contributed by atoms with van der Waals surface area (Å²) in [6.45, 7) is -0.359. The summed E-state index contributed by atoms with van der Waals surface area (Å²) in [6.07, 6.45) is 0.900. The lowest BCUT2D eigenvalue weighted by molar-refractivity contribution is -0.132. The molecule has 1 fully saturated rings. The summed E-state index contributed by atoms with van der Waals surface area (Å²) in [5.74, 6) is -0.192. The summed E-state index contributed by atoms with van der Waals surface area (Å²) in [5.41, 5.74) is 0.941. The summed E-state index contributed by atoms with van der Waals surface area (Å²) in [7, 11) is 1.85. The van der Waals surface area contributed by atoms with Crippen LogP contribution in [0.1, 0.15) is 24.5 Å². The first-order valence-electron chi connectivity index (χ1n) is 9.67. The fraction of sp³-hybridized carbons (Fsp3) is 0.364. The quantitative estimate of drug-likeness (QED) is 0.633. The molecule has 160 valence electrons. The number of carbonyl (C=O) groups excluding carboxylic acids is 2. The van der Waals surface area contributed by atoms with Gasteiger partial charge in [-0.2, -0.15) is 8.78 Å². The lowest BCUT2D eigenvalue weighted by Crippen LogP contribution is -2.45. The van der Waals surface area contributed by atoms with Crippen molar-refractivity contribution in [1.82, 2.24) is 15.1 Å². The molecule has 2 aromatic carbocycles. The third-order valence-electron chi connectivity index (χ3n) is 5.09. The van der Waals surface area contributed by atoms with E-state index in [0.29, 0.717) is 19.4 Å². The number of aryl methyl sites for hydroxylation is 1. The highest BCUT2D eigenvalue weighted by atomic mass is 19.3. The van der Waals surface area contributed by atoms with Crippen molar-refractivity contribution >= 4 is 11.9 Å². The molecule has 0 bridgehead atoms. The van der Waals surface area contributed by atoms with Crippen molar-refractivity contribution in [3.8, 4) is 5.75 Å². The number of hydrogen-bond donors (Lipinski definition) is 1. The highest BCUT2D eigenvalue weighted by Crippen LogP contribution is 2.24. The van der Waals surface area contributed by atoms with Gasteiger partial charge in [-0.05, 0) is 50.1 Å². The van der Waals surface area contributed by atoms with Crippen LogP contribution in [0.2, 0.25) is 0 Å². The van der Waals surface area contributed by atoms with E-state index in [1.54, 1.807) is 19.1 Å². The molecular weight excluding hydrogens is 392 g/mol. The second-order valence-electron chi connectivity index (χ2n) is 7.66. The molecule has 0 unspecified atom stereocenters. The van der Waals surface area contributed by atoms with Crippen molar-refractivity contribution in [1.29, 1.82) is 0 Å². The smallest absolute Gasteiger partial charge is 0.387 e. The number of nitrogens with one attached hydrogen (secondary N) is 1. The van der Waals surface area contributed by atoms with E-state index in [2.05, 4.69) is 10.1 Å². The van der Waals surface area contributed by atoms with Crippen molar-refractivity contribution in [2.45, 2.75) is 38.5 Å². The molecule has 1 aliphatic rings. The van der Waals surface area contributed by atoms with Gasteiger partial charge in [0.1, 0.15) is 11.3 Å². The van der Waals surface area contributed by atoms with E-state index in [1.807, 2.05) is 42.3 Å². The number of hydrogen-bond acceptors (Lipinski definition) is 4. The molecule has 2 aromatic rings. The third-order valence-corrected chi connectivity index (χ3v) is 5.09. The van der Waals surface area contributed by atoms with Crippen LogP contribution in [0.25, 0.3) is 0 Å². The molecule has 8 heteroatoms. The van der Waals surface area contributed by atoms with Gasteiger partial charge in [0.2, 0.25) is 0 Å².